The minimum Gasteiger partial charge on any atom is -0.491 e. The maximum absolute atomic E-state index is 12.6. The van der Waals surface area contributed by atoms with Crippen molar-refractivity contribution in [2.75, 3.05) is 31.3 Å². The minimum atomic E-state index is -0.244. The molecule has 3 rings (SSSR count). The minimum absolute atomic E-state index is 0.0444. The molecule has 2 N–H and O–H groups in total. The Kier molecular flexibility index (Phi) is 3.40. The number of benzene rings is 1. The highest BCUT2D eigenvalue weighted by molar-refractivity contribution is 5.97. The molecule has 0 spiro atoms. The molecule has 2 unspecified atom stereocenters. The Morgan fingerprint density at radius 3 is 2.95 bits per heavy atom. The van der Waals surface area contributed by atoms with Crippen LogP contribution in [0, 0.1) is 5.92 Å². The second-order valence-corrected chi connectivity index (χ2v) is 4.97. The van der Waals surface area contributed by atoms with Crippen molar-refractivity contribution in [2.24, 2.45) is 11.7 Å². The van der Waals surface area contributed by atoms with Crippen LogP contribution in [-0.4, -0.2) is 38.3 Å². The van der Waals surface area contributed by atoms with E-state index < -0.39 is 0 Å². The number of carbonyl (C=O) groups is 1. The Hall–Kier alpha value is -1.59. The fourth-order valence-electron chi connectivity index (χ4n) is 2.58. The van der Waals surface area contributed by atoms with Crippen molar-refractivity contribution in [1.82, 2.24) is 0 Å². The number of nitrogens with zero attached hydrogens (tertiary/aromatic N) is 1. The molecule has 2 aliphatic rings. The summed E-state index contributed by atoms with van der Waals surface area (Å²) in [5, 5.41) is 0. The van der Waals surface area contributed by atoms with Crippen LogP contribution in [0.2, 0.25) is 0 Å². The smallest absolute Gasteiger partial charge is 0.234 e. The maximum Gasteiger partial charge on any atom is 0.234 e. The third-order valence-corrected chi connectivity index (χ3v) is 3.65. The number of hydrogen-bond acceptors (Lipinski definition) is 4. The second-order valence-electron chi connectivity index (χ2n) is 4.97. The van der Waals surface area contributed by atoms with Crippen molar-refractivity contribution in [2.45, 2.75) is 12.5 Å². The van der Waals surface area contributed by atoms with E-state index in [2.05, 4.69) is 0 Å². The molecule has 1 saturated heterocycles. The van der Waals surface area contributed by atoms with Crippen molar-refractivity contribution >= 4 is 11.6 Å². The standard InChI is InChI=1S/C14H18N2O3/c15-11-9-18-8-10(11)14(17)16-6-3-7-19-13-5-2-1-4-12(13)16/h1-2,4-5,10-11H,3,6-9,15H2. The Morgan fingerprint density at radius 1 is 1.32 bits per heavy atom. The van der Waals surface area contributed by atoms with Gasteiger partial charge < -0.3 is 20.1 Å². The summed E-state index contributed by atoms with van der Waals surface area (Å²) >= 11 is 0. The van der Waals surface area contributed by atoms with Gasteiger partial charge in [-0.2, -0.15) is 0 Å². The van der Waals surface area contributed by atoms with E-state index in [0.29, 0.717) is 26.4 Å². The second kappa shape index (κ2) is 5.19. The number of rotatable bonds is 1. The highest BCUT2D eigenvalue weighted by Crippen LogP contribution is 2.32. The van der Waals surface area contributed by atoms with Crippen LogP contribution in [0.1, 0.15) is 6.42 Å². The summed E-state index contributed by atoms with van der Waals surface area (Å²) in [6.45, 7) is 2.18. The first-order valence-corrected chi connectivity index (χ1v) is 6.64. The Balaban J connectivity index is 1.89. The molecule has 1 amide bonds. The van der Waals surface area contributed by atoms with Gasteiger partial charge in [0.2, 0.25) is 5.91 Å². The van der Waals surface area contributed by atoms with E-state index in [1.165, 1.54) is 0 Å². The predicted octanol–water partition coefficient (Wildman–Crippen LogP) is 0.776. The molecule has 0 bridgehead atoms. The van der Waals surface area contributed by atoms with E-state index in [9.17, 15) is 4.79 Å². The van der Waals surface area contributed by atoms with E-state index in [0.717, 1.165) is 17.9 Å². The van der Waals surface area contributed by atoms with Gasteiger partial charge >= 0.3 is 0 Å². The third-order valence-electron chi connectivity index (χ3n) is 3.65. The third kappa shape index (κ3) is 2.31. The van der Waals surface area contributed by atoms with E-state index in [-0.39, 0.29) is 17.9 Å². The molecular weight excluding hydrogens is 244 g/mol. The molecule has 1 aromatic rings. The number of para-hydroxylation sites is 2. The molecule has 0 aromatic heterocycles. The van der Waals surface area contributed by atoms with Crippen molar-refractivity contribution in [1.29, 1.82) is 0 Å². The lowest BCUT2D eigenvalue weighted by molar-refractivity contribution is -0.122. The highest BCUT2D eigenvalue weighted by Gasteiger charge is 2.36. The molecule has 2 aliphatic heterocycles. The average Bonchev–Trinajstić information content (AvgIpc) is 2.74. The lowest BCUT2D eigenvalue weighted by atomic mass is 10.0. The summed E-state index contributed by atoms with van der Waals surface area (Å²) < 4.78 is 11.0. The summed E-state index contributed by atoms with van der Waals surface area (Å²) in [6, 6.07) is 7.44. The van der Waals surface area contributed by atoms with Gasteiger partial charge in [-0.1, -0.05) is 12.1 Å². The van der Waals surface area contributed by atoms with Crippen molar-refractivity contribution < 1.29 is 14.3 Å². The molecule has 1 fully saturated rings. The topological polar surface area (TPSA) is 64.8 Å². The van der Waals surface area contributed by atoms with Gasteiger partial charge in [-0.05, 0) is 18.6 Å². The van der Waals surface area contributed by atoms with Crippen LogP contribution in [0.3, 0.4) is 0 Å². The zero-order valence-corrected chi connectivity index (χ0v) is 10.7. The summed E-state index contributed by atoms with van der Waals surface area (Å²) in [5.74, 6) is 0.565. The van der Waals surface area contributed by atoms with Gasteiger partial charge in [-0.3, -0.25) is 4.79 Å². The van der Waals surface area contributed by atoms with E-state index in [4.69, 9.17) is 15.2 Å². The fraction of sp³-hybridized carbons (Fsp3) is 0.500. The zero-order valence-electron chi connectivity index (χ0n) is 10.7. The van der Waals surface area contributed by atoms with E-state index in [1.54, 1.807) is 4.90 Å². The number of ether oxygens (including phenoxy) is 2. The summed E-state index contributed by atoms with van der Waals surface area (Å²) in [6.07, 6.45) is 0.823. The Bertz CT molecular complexity index is 478. The van der Waals surface area contributed by atoms with Gasteiger partial charge in [0.05, 0.1) is 31.4 Å². The number of amides is 1. The first kappa shape index (κ1) is 12.4. The number of fused-ring (bicyclic) bond motifs is 1. The van der Waals surface area contributed by atoms with E-state index in [1.807, 2.05) is 24.3 Å². The van der Waals surface area contributed by atoms with Crippen molar-refractivity contribution in [3.63, 3.8) is 0 Å². The van der Waals surface area contributed by atoms with E-state index >= 15 is 0 Å². The molecule has 0 radical (unpaired) electrons. The molecule has 0 aliphatic carbocycles. The summed E-state index contributed by atoms with van der Waals surface area (Å²) in [5.41, 5.74) is 6.78. The van der Waals surface area contributed by atoms with Gasteiger partial charge in [-0.25, -0.2) is 0 Å². The molecule has 0 saturated carbocycles. The molecule has 2 heterocycles. The van der Waals surface area contributed by atoms with Crippen LogP contribution < -0.4 is 15.4 Å². The molecular formula is C14H18N2O3. The highest BCUT2D eigenvalue weighted by atomic mass is 16.5. The van der Waals surface area contributed by atoms with Gasteiger partial charge in [-0.15, -0.1) is 0 Å². The van der Waals surface area contributed by atoms with Gasteiger partial charge in [0, 0.05) is 12.6 Å². The number of anilines is 1. The predicted molar refractivity (Wildman–Crippen MR) is 71.2 cm³/mol. The van der Waals surface area contributed by atoms with Gasteiger partial charge in [0.25, 0.3) is 0 Å². The van der Waals surface area contributed by atoms with Crippen LogP contribution in [0.15, 0.2) is 24.3 Å². The first-order valence-electron chi connectivity index (χ1n) is 6.64. The van der Waals surface area contributed by atoms with Crippen LogP contribution >= 0.6 is 0 Å². The van der Waals surface area contributed by atoms with Crippen LogP contribution in [0.5, 0.6) is 5.75 Å². The number of carbonyl (C=O) groups excluding carboxylic acids is 1. The molecule has 102 valence electrons. The number of hydrogen-bond donors (Lipinski definition) is 1. The molecule has 5 heteroatoms. The zero-order chi connectivity index (χ0) is 13.2. The molecule has 5 nitrogen and oxygen atoms in total. The van der Waals surface area contributed by atoms with Crippen LogP contribution in [0.25, 0.3) is 0 Å². The monoisotopic (exact) mass is 262 g/mol. The Morgan fingerprint density at radius 2 is 2.16 bits per heavy atom. The van der Waals surface area contributed by atoms with Gasteiger partial charge in [0.1, 0.15) is 5.75 Å². The Labute approximate surface area is 112 Å². The SMILES string of the molecule is NC1COCC1C(=O)N1CCCOc2ccccc21. The quantitative estimate of drug-likeness (QED) is 0.812. The number of nitrogens with two attached hydrogens (primary N) is 1. The molecule has 1 aromatic carbocycles. The van der Waals surface area contributed by atoms with Crippen molar-refractivity contribution in [3.05, 3.63) is 24.3 Å². The normalized spacial score (nSPS) is 26.5. The lowest BCUT2D eigenvalue weighted by Gasteiger charge is -2.25. The fourth-order valence-corrected chi connectivity index (χ4v) is 2.58. The van der Waals surface area contributed by atoms with Crippen molar-refractivity contribution in [3.8, 4) is 5.75 Å². The van der Waals surface area contributed by atoms with Gasteiger partial charge in [0.15, 0.2) is 0 Å². The molecule has 2 atom stereocenters. The summed E-state index contributed by atoms with van der Waals surface area (Å²) in [4.78, 5) is 14.4. The first-order chi connectivity index (χ1) is 9.27. The van der Waals surface area contributed by atoms with Crippen LogP contribution in [-0.2, 0) is 9.53 Å². The lowest BCUT2D eigenvalue weighted by Crippen LogP contribution is -2.44. The van der Waals surface area contributed by atoms with Crippen LogP contribution in [0.4, 0.5) is 5.69 Å². The largest absolute Gasteiger partial charge is 0.491 e. The summed E-state index contributed by atoms with van der Waals surface area (Å²) in [7, 11) is 0. The average molecular weight is 262 g/mol. The maximum atomic E-state index is 12.6. The molecule has 19 heavy (non-hydrogen) atoms.